The molecule has 1 N–H and O–H groups in total. The monoisotopic (exact) mass is 351 g/mol. The number of aryl methyl sites for hydroxylation is 2. The van der Waals surface area contributed by atoms with Crippen molar-refractivity contribution < 1.29 is 9.53 Å². The molecule has 0 saturated heterocycles. The number of carbonyl (C=O) groups is 1. The first-order valence-electron chi connectivity index (χ1n) is 9.08. The van der Waals surface area contributed by atoms with Crippen LogP contribution in [0.1, 0.15) is 24.8 Å². The molecule has 0 aliphatic heterocycles. The van der Waals surface area contributed by atoms with Crippen molar-refractivity contribution in [2.75, 3.05) is 13.2 Å². The molecule has 5 heteroatoms. The lowest BCUT2D eigenvalue weighted by Crippen LogP contribution is -2.25. The van der Waals surface area contributed by atoms with Crippen LogP contribution >= 0.6 is 0 Å². The van der Waals surface area contributed by atoms with Crippen LogP contribution in [-0.4, -0.2) is 28.6 Å². The van der Waals surface area contributed by atoms with E-state index in [0.29, 0.717) is 26.0 Å². The molecule has 0 bridgehead atoms. The Kier molecular flexibility index (Phi) is 6.25. The molecule has 3 rings (SSSR count). The first-order valence-corrected chi connectivity index (χ1v) is 9.08. The minimum Gasteiger partial charge on any atom is -0.494 e. The van der Waals surface area contributed by atoms with Gasteiger partial charge in [0.25, 0.3) is 0 Å². The molecular formula is C21H25N3O2. The van der Waals surface area contributed by atoms with Crippen molar-refractivity contribution in [2.24, 2.45) is 0 Å². The molecule has 1 aromatic heterocycles. The lowest BCUT2D eigenvalue weighted by molar-refractivity contribution is -0.121. The number of aromatic nitrogens is 2. The molecular weight excluding hydrogens is 326 g/mol. The van der Waals surface area contributed by atoms with E-state index < -0.39 is 0 Å². The Morgan fingerprint density at radius 3 is 2.92 bits per heavy atom. The van der Waals surface area contributed by atoms with Gasteiger partial charge in [-0.2, -0.15) is 0 Å². The van der Waals surface area contributed by atoms with Crippen LogP contribution in [0, 0.1) is 6.92 Å². The fraction of sp³-hybridized carbons (Fsp3) is 0.333. The average molecular weight is 351 g/mol. The average Bonchev–Trinajstić information content (AvgIpc) is 3.06. The van der Waals surface area contributed by atoms with Gasteiger partial charge < -0.3 is 14.6 Å². The molecule has 26 heavy (non-hydrogen) atoms. The Morgan fingerprint density at radius 1 is 1.15 bits per heavy atom. The minimum absolute atomic E-state index is 0.0772. The Labute approximate surface area is 154 Å². The van der Waals surface area contributed by atoms with Crippen molar-refractivity contribution in [1.82, 2.24) is 14.9 Å². The lowest BCUT2D eigenvalue weighted by Gasteiger charge is -2.08. The lowest BCUT2D eigenvalue weighted by atomic mass is 10.2. The van der Waals surface area contributed by atoms with Crippen LogP contribution in [0.2, 0.25) is 0 Å². The molecule has 0 unspecified atom stereocenters. The maximum absolute atomic E-state index is 11.9. The second kappa shape index (κ2) is 9.04. The third-order valence-corrected chi connectivity index (χ3v) is 4.23. The molecule has 0 aliphatic carbocycles. The molecule has 2 aromatic carbocycles. The van der Waals surface area contributed by atoms with Gasteiger partial charge in [0.05, 0.1) is 24.0 Å². The van der Waals surface area contributed by atoms with Gasteiger partial charge in [0.1, 0.15) is 5.75 Å². The number of amides is 1. The quantitative estimate of drug-likeness (QED) is 0.598. The Morgan fingerprint density at radius 2 is 2.04 bits per heavy atom. The summed E-state index contributed by atoms with van der Waals surface area (Å²) in [7, 11) is 0. The van der Waals surface area contributed by atoms with E-state index in [0.717, 1.165) is 29.7 Å². The molecule has 0 atom stereocenters. The molecule has 1 heterocycles. The smallest absolute Gasteiger partial charge is 0.220 e. The fourth-order valence-electron chi connectivity index (χ4n) is 2.88. The van der Waals surface area contributed by atoms with Crippen LogP contribution in [-0.2, 0) is 11.3 Å². The predicted octanol–water partition coefficient (Wildman–Crippen LogP) is 3.71. The topological polar surface area (TPSA) is 56.1 Å². The highest BCUT2D eigenvalue weighted by atomic mass is 16.5. The maximum atomic E-state index is 11.9. The highest BCUT2D eigenvalue weighted by molar-refractivity contribution is 5.76. The second-order valence-electron chi connectivity index (χ2n) is 6.40. The number of benzene rings is 2. The van der Waals surface area contributed by atoms with Crippen molar-refractivity contribution >= 4 is 16.9 Å². The summed E-state index contributed by atoms with van der Waals surface area (Å²) in [5, 5.41) is 2.97. The van der Waals surface area contributed by atoms with Crippen LogP contribution in [0.25, 0.3) is 11.0 Å². The molecule has 0 aliphatic rings. The number of rotatable bonds is 9. The van der Waals surface area contributed by atoms with Gasteiger partial charge in [-0.3, -0.25) is 4.79 Å². The number of ether oxygens (including phenoxy) is 1. The highest BCUT2D eigenvalue weighted by Gasteiger charge is 2.03. The van der Waals surface area contributed by atoms with Crippen LogP contribution in [0.4, 0.5) is 0 Å². The number of para-hydroxylation sites is 2. The zero-order valence-corrected chi connectivity index (χ0v) is 15.1. The van der Waals surface area contributed by atoms with Gasteiger partial charge >= 0.3 is 0 Å². The van der Waals surface area contributed by atoms with Crippen molar-refractivity contribution in [1.29, 1.82) is 0 Å². The minimum atomic E-state index is 0.0772. The number of imidazole rings is 1. The van der Waals surface area contributed by atoms with E-state index in [4.69, 9.17) is 4.74 Å². The highest BCUT2D eigenvalue weighted by Crippen LogP contribution is 2.13. The summed E-state index contributed by atoms with van der Waals surface area (Å²) in [6.45, 7) is 4.10. The Bertz CT molecular complexity index is 857. The standard InChI is InChI=1S/C21H25N3O2/c1-17-7-4-8-18(15-17)26-14-5-11-21(25)22-12-6-13-24-16-23-19-9-2-3-10-20(19)24/h2-4,7-10,15-16H,5-6,11-14H2,1H3,(H,22,25). The fourth-order valence-corrected chi connectivity index (χ4v) is 2.88. The van der Waals surface area contributed by atoms with E-state index in [9.17, 15) is 4.79 Å². The molecule has 136 valence electrons. The number of nitrogens with zero attached hydrogens (tertiary/aromatic N) is 2. The number of hydrogen-bond acceptors (Lipinski definition) is 3. The molecule has 0 spiro atoms. The van der Waals surface area contributed by atoms with Gasteiger partial charge in [0.15, 0.2) is 0 Å². The van der Waals surface area contributed by atoms with E-state index in [2.05, 4.69) is 20.9 Å². The number of fused-ring (bicyclic) bond motifs is 1. The zero-order chi connectivity index (χ0) is 18.2. The summed E-state index contributed by atoms with van der Waals surface area (Å²) in [5.74, 6) is 0.936. The van der Waals surface area contributed by atoms with Crippen molar-refractivity contribution in [2.45, 2.75) is 32.7 Å². The largest absolute Gasteiger partial charge is 0.494 e. The van der Waals surface area contributed by atoms with E-state index in [1.165, 1.54) is 5.56 Å². The predicted molar refractivity (Wildman–Crippen MR) is 103 cm³/mol. The molecule has 5 nitrogen and oxygen atoms in total. The number of carbonyl (C=O) groups excluding carboxylic acids is 1. The summed E-state index contributed by atoms with van der Waals surface area (Å²) in [5.41, 5.74) is 3.31. The molecule has 1 amide bonds. The van der Waals surface area contributed by atoms with Crippen LogP contribution < -0.4 is 10.1 Å². The summed E-state index contributed by atoms with van der Waals surface area (Å²) in [4.78, 5) is 16.3. The van der Waals surface area contributed by atoms with Gasteiger partial charge in [-0.05, 0) is 49.6 Å². The normalized spacial score (nSPS) is 10.8. The van der Waals surface area contributed by atoms with Crippen LogP contribution in [0.5, 0.6) is 5.75 Å². The van der Waals surface area contributed by atoms with Gasteiger partial charge in [0.2, 0.25) is 5.91 Å². The van der Waals surface area contributed by atoms with E-state index >= 15 is 0 Å². The van der Waals surface area contributed by atoms with Gasteiger partial charge in [-0.15, -0.1) is 0 Å². The summed E-state index contributed by atoms with van der Waals surface area (Å²) >= 11 is 0. The summed E-state index contributed by atoms with van der Waals surface area (Å²) < 4.78 is 7.78. The number of hydrogen-bond donors (Lipinski definition) is 1. The van der Waals surface area contributed by atoms with E-state index in [1.54, 1.807) is 0 Å². The van der Waals surface area contributed by atoms with Gasteiger partial charge in [-0.1, -0.05) is 24.3 Å². The second-order valence-corrected chi connectivity index (χ2v) is 6.40. The summed E-state index contributed by atoms with van der Waals surface area (Å²) in [6, 6.07) is 16.0. The first kappa shape index (κ1) is 18.0. The summed E-state index contributed by atoms with van der Waals surface area (Å²) in [6.07, 6.45) is 3.94. The van der Waals surface area contributed by atoms with Crippen molar-refractivity contribution in [3.63, 3.8) is 0 Å². The van der Waals surface area contributed by atoms with Crippen molar-refractivity contribution in [3.8, 4) is 5.75 Å². The Hall–Kier alpha value is -2.82. The van der Waals surface area contributed by atoms with Gasteiger partial charge in [0, 0.05) is 19.5 Å². The Balaban J connectivity index is 1.29. The van der Waals surface area contributed by atoms with E-state index in [1.807, 2.05) is 55.7 Å². The number of nitrogens with one attached hydrogen (secondary N) is 1. The first-order chi connectivity index (χ1) is 12.7. The molecule has 0 saturated carbocycles. The third-order valence-electron chi connectivity index (χ3n) is 4.23. The van der Waals surface area contributed by atoms with Crippen molar-refractivity contribution in [3.05, 3.63) is 60.4 Å². The SMILES string of the molecule is Cc1cccc(OCCCC(=O)NCCCn2cnc3ccccc32)c1. The van der Waals surface area contributed by atoms with E-state index in [-0.39, 0.29) is 5.91 Å². The zero-order valence-electron chi connectivity index (χ0n) is 15.1. The van der Waals surface area contributed by atoms with Gasteiger partial charge in [-0.25, -0.2) is 4.98 Å². The molecule has 3 aromatic rings. The molecule has 0 radical (unpaired) electrons. The molecule has 0 fully saturated rings. The van der Waals surface area contributed by atoms with Crippen LogP contribution in [0.3, 0.4) is 0 Å². The maximum Gasteiger partial charge on any atom is 0.220 e. The van der Waals surface area contributed by atoms with Crippen LogP contribution in [0.15, 0.2) is 54.9 Å². The third kappa shape index (κ3) is 5.09.